The van der Waals surface area contributed by atoms with Crippen LogP contribution in [0.3, 0.4) is 0 Å². The first-order chi connectivity index (χ1) is 15.1. The highest BCUT2D eigenvalue weighted by molar-refractivity contribution is 7.13. The normalized spacial score (nSPS) is 10.5. The summed E-state index contributed by atoms with van der Waals surface area (Å²) >= 11 is 1.44. The van der Waals surface area contributed by atoms with Crippen molar-refractivity contribution in [2.45, 2.75) is 6.42 Å². The van der Waals surface area contributed by atoms with Crippen molar-refractivity contribution in [3.63, 3.8) is 0 Å². The van der Waals surface area contributed by atoms with Crippen LogP contribution in [0.15, 0.2) is 70.7 Å². The van der Waals surface area contributed by atoms with Crippen molar-refractivity contribution in [3.8, 4) is 33.8 Å². The van der Waals surface area contributed by atoms with E-state index in [0.717, 1.165) is 10.8 Å². The Morgan fingerprint density at radius 1 is 1.03 bits per heavy atom. The first kappa shape index (κ1) is 20.5. The summed E-state index contributed by atoms with van der Waals surface area (Å²) in [7, 11) is 3.17. The maximum atomic E-state index is 12.5. The number of aromatic nitrogens is 1. The van der Waals surface area contributed by atoms with Gasteiger partial charge in [-0.15, -0.1) is 11.3 Å². The SMILES string of the molecule is COc1ccc(Oc2cc(NC(=O)Cc3csc(-c4ccco4)n3)ccc2OC)cc1. The Labute approximate surface area is 183 Å². The van der Waals surface area contributed by atoms with Crippen LogP contribution in [-0.2, 0) is 11.2 Å². The van der Waals surface area contributed by atoms with Crippen LogP contribution in [0.5, 0.6) is 23.0 Å². The van der Waals surface area contributed by atoms with E-state index in [9.17, 15) is 4.79 Å². The predicted molar refractivity (Wildman–Crippen MR) is 118 cm³/mol. The molecule has 4 aromatic rings. The van der Waals surface area contributed by atoms with Crippen LogP contribution in [0.25, 0.3) is 10.8 Å². The first-order valence-corrected chi connectivity index (χ1v) is 10.3. The van der Waals surface area contributed by atoms with Gasteiger partial charge in [0.1, 0.15) is 11.5 Å². The summed E-state index contributed by atoms with van der Waals surface area (Å²) in [5.41, 5.74) is 1.27. The first-order valence-electron chi connectivity index (χ1n) is 9.42. The van der Waals surface area contributed by atoms with Gasteiger partial charge in [-0.3, -0.25) is 4.79 Å². The second-order valence-corrected chi connectivity index (χ2v) is 7.35. The monoisotopic (exact) mass is 436 g/mol. The number of hydrogen-bond acceptors (Lipinski definition) is 7. The van der Waals surface area contributed by atoms with Crippen LogP contribution in [0.2, 0.25) is 0 Å². The zero-order valence-electron chi connectivity index (χ0n) is 17.0. The Balaban J connectivity index is 1.44. The molecule has 1 N–H and O–H groups in total. The zero-order valence-corrected chi connectivity index (χ0v) is 17.8. The maximum absolute atomic E-state index is 12.5. The average Bonchev–Trinajstić information content (AvgIpc) is 3.46. The van der Waals surface area contributed by atoms with Gasteiger partial charge in [-0.2, -0.15) is 0 Å². The number of methoxy groups -OCH3 is 2. The second kappa shape index (κ2) is 9.36. The smallest absolute Gasteiger partial charge is 0.230 e. The Morgan fingerprint density at radius 3 is 2.55 bits per heavy atom. The van der Waals surface area contributed by atoms with Crippen molar-refractivity contribution in [2.24, 2.45) is 0 Å². The molecule has 0 aliphatic heterocycles. The molecule has 0 fully saturated rings. The molecule has 0 aliphatic carbocycles. The van der Waals surface area contributed by atoms with E-state index < -0.39 is 0 Å². The number of amides is 1. The molecule has 0 aliphatic rings. The fourth-order valence-electron chi connectivity index (χ4n) is 2.88. The minimum absolute atomic E-state index is 0.151. The highest BCUT2D eigenvalue weighted by atomic mass is 32.1. The summed E-state index contributed by atoms with van der Waals surface area (Å²) in [6.07, 6.45) is 1.75. The molecule has 0 saturated heterocycles. The molecule has 158 valence electrons. The van der Waals surface area contributed by atoms with Gasteiger partial charge in [0.15, 0.2) is 22.3 Å². The van der Waals surface area contributed by atoms with Crippen molar-refractivity contribution in [2.75, 3.05) is 19.5 Å². The molecule has 2 aromatic carbocycles. The molecule has 0 bridgehead atoms. The van der Waals surface area contributed by atoms with Crippen LogP contribution in [0.4, 0.5) is 5.69 Å². The van der Waals surface area contributed by atoms with Gasteiger partial charge >= 0.3 is 0 Å². The van der Waals surface area contributed by atoms with Gasteiger partial charge in [0.05, 0.1) is 32.6 Å². The Bertz CT molecular complexity index is 1150. The number of carbonyl (C=O) groups is 1. The van der Waals surface area contributed by atoms with Gasteiger partial charge in [0.2, 0.25) is 5.91 Å². The maximum Gasteiger partial charge on any atom is 0.230 e. The number of nitrogens with zero attached hydrogens (tertiary/aromatic N) is 1. The molecule has 7 nitrogen and oxygen atoms in total. The number of rotatable bonds is 8. The third kappa shape index (κ3) is 5.04. The second-order valence-electron chi connectivity index (χ2n) is 6.49. The fourth-order valence-corrected chi connectivity index (χ4v) is 3.66. The standard InChI is InChI=1S/C23H20N2O5S/c1-27-17-6-8-18(9-7-17)30-21-12-15(5-10-19(21)28-2)24-22(26)13-16-14-31-23(25-16)20-4-3-11-29-20/h3-12,14H,13H2,1-2H3,(H,24,26). The molecule has 0 radical (unpaired) electrons. The number of hydrogen-bond donors (Lipinski definition) is 1. The molecule has 0 saturated carbocycles. The number of benzene rings is 2. The van der Waals surface area contributed by atoms with E-state index in [2.05, 4.69) is 10.3 Å². The lowest BCUT2D eigenvalue weighted by molar-refractivity contribution is -0.115. The summed E-state index contributed by atoms with van der Waals surface area (Å²) in [4.78, 5) is 17.0. The number of carbonyl (C=O) groups excluding carboxylic acids is 1. The molecular formula is C23H20N2O5S. The van der Waals surface area contributed by atoms with Crippen molar-refractivity contribution in [1.29, 1.82) is 0 Å². The van der Waals surface area contributed by atoms with Gasteiger partial charge in [0.25, 0.3) is 0 Å². The number of anilines is 1. The third-order valence-electron chi connectivity index (χ3n) is 4.36. The van der Waals surface area contributed by atoms with Gasteiger partial charge < -0.3 is 23.9 Å². The van der Waals surface area contributed by atoms with Crippen LogP contribution < -0.4 is 19.5 Å². The summed E-state index contributed by atoms with van der Waals surface area (Å²) in [6, 6.07) is 16.1. The molecule has 31 heavy (non-hydrogen) atoms. The van der Waals surface area contributed by atoms with Gasteiger partial charge in [-0.25, -0.2) is 4.98 Å². The quantitative estimate of drug-likeness (QED) is 0.399. The number of furan rings is 1. The zero-order chi connectivity index (χ0) is 21.6. The molecule has 2 heterocycles. The van der Waals surface area contributed by atoms with E-state index in [4.69, 9.17) is 18.6 Å². The molecular weight excluding hydrogens is 416 g/mol. The Kier molecular flexibility index (Phi) is 6.18. The molecule has 1 amide bonds. The topological polar surface area (TPSA) is 82.8 Å². The Hall–Kier alpha value is -3.78. The lowest BCUT2D eigenvalue weighted by atomic mass is 10.2. The van der Waals surface area contributed by atoms with Crippen molar-refractivity contribution >= 4 is 22.9 Å². The van der Waals surface area contributed by atoms with Gasteiger partial charge in [0, 0.05) is 17.1 Å². The molecule has 2 aromatic heterocycles. The highest BCUT2D eigenvalue weighted by Gasteiger charge is 2.13. The minimum Gasteiger partial charge on any atom is -0.497 e. The molecule has 8 heteroatoms. The van der Waals surface area contributed by atoms with Crippen LogP contribution in [0.1, 0.15) is 5.69 Å². The largest absolute Gasteiger partial charge is 0.497 e. The van der Waals surface area contributed by atoms with Gasteiger partial charge in [-0.1, -0.05) is 0 Å². The number of nitrogens with one attached hydrogen (secondary N) is 1. The molecule has 0 atom stereocenters. The summed E-state index contributed by atoms with van der Waals surface area (Å²) < 4.78 is 21.8. The van der Waals surface area contributed by atoms with E-state index >= 15 is 0 Å². The van der Waals surface area contributed by atoms with Crippen molar-refractivity contribution < 1.29 is 23.4 Å². The van der Waals surface area contributed by atoms with E-state index in [0.29, 0.717) is 34.4 Å². The fraction of sp³-hybridized carbons (Fsp3) is 0.130. The van der Waals surface area contributed by atoms with E-state index in [1.54, 1.807) is 69.0 Å². The van der Waals surface area contributed by atoms with Gasteiger partial charge in [-0.05, 0) is 48.5 Å². The summed E-state index contributed by atoms with van der Waals surface area (Å²) in [6.45, 7) is 0. The summed E-state index contributed by atoms with van der Waals surface area (Å²) in [5, 5.41) is 5.47. The molecule has 0 unspecified atom stereocenters. The lowest BCUT2D eigenvalue weighted by Gasteiger charge is -2.13. The predicted octanol–water partition coefficient (Wildman–Crippen LogP) is 5.39. The van der Waals surface area contributed by atoms with Crippen LogP contribution >= 0.6 is 11.3 Å². The van der Waals surface area contributed by atoms with E-state index in [1.165, 1.54) is 11.3 Å². The molecule has 4 rings (SSSR count). The van der Waals surface area contributed by atoms with Crippen molar-refractivity contribution in [1.82, 2.24) is 4.98 Å². The van der Waals surface area contributed by atoms with Crippen LogP contribution in [0, 0.1) is 0 Å². The Morgan fingerprint density at radius 2 is 1.84 bits per heavy atom. The molecule has 0 spiro atoms. The van der Waals surface area contributed by atoms with E-state index in [1.807, 2.05) is 11.4 Å². The number of ether oxygens (including phenoxy) is 3. The third-order valence-corrected chi connectivity index (χ3v) is 5.27. The number of thiazole rings is 1. The van der Waals surface area contributed by atoms with E-state index in [-0.39, 0.29) is 12.3 Å². The van der Waals surface area contributed by atoms with Crippen LogP contribution in [-0.4, -0.2) is 25.1 Å². The summed E-state index contributed by atoms with van der Waals surface area (Å²) in [5.74, 6) is 2.90. The van der Waals surface area contributed by atoms with Crippen molar-refractivity contribution in [3.05, 3.63) is 71.9 Å². The highest BCUT2D eigenvalue weighted by Crippen LogP contribution is 2.34. The lowest BCUT2D eigenvalue weighted by Crippen LogP contribution is -2.14. The average molecular weight is 436 g/mol. The minimum atomic E-state index is -0.183.